The highest BCUT2D eigenvalue weighted by molar-refractivity contribution is 7.26. The second kappa shape index (κ2) is 14.9. The van der Waals surface area contributed by atoms with Gasteiger partial charge in [0.1, 0.15) is 0 Å². The van der Waals surface area contributed by atoms with E-state index in [4.69, 9.17) is 15.0 Å². The fraction of sp³-hybridized carbons (Fsp3) is 0. The summed E-state index contributed by atoms with van der Waals surface area (Å²) >= 11 is 1.85. The van der Waals surface area contributed by atoms with Crippen LogP contribution in [0.25, 0.3) is 115 Å². The van der Waals surface area contributed by atoms with E-state index in [1.165, 1.54) is 58.8 Å². The molecule has 9 aromatic carbocycles. The second-order valence-corrected chi connectivity index (χ2v) is 16.7. The van der Waals surface area contributed by atoms with Crippen LogP contribution in [0.15, 0.2) is 218 Å². The molecule has 0 amide bonds. The van der Waals surface area contributed by atoms with Gasteiger partial charge in [0.05, 0.1) is 11.0 Å². The predicted molar refractivity (Wildman–Crippen MR) is 260 cm³/mol. The first kappa shape index (κ1) is 35.9. The van der Waals surface area contributed by atoms with E-state index in [9.17, 15) is 0 Å². The van der Waals surface area contributed by atoms with Gasteiger partial charge in [0, 0.05) is 53.3 Å². The highest BCUT2D eigenvalue weighted by Crippen LogP contribution is 2.42. The number of para-hydroxylation sites is 1. The lowest BCUT2D eigenvalue weighted by Gasteiger charge is -2.12. The van der Waals surface area contributed by atoms with Crippen LogP contribution in [0.2, 0.25) is 0 Å². The van der Waals surface area contributed by atoms with Crippen molar-refractivity contribution in [3.05, 3.63) is 218 Å². The Morgan fingerprint density at radius 2 is 0.839 bits per heavy atom. The molecule has 12 rings (SSSR count). The molecule has 62 heavy (non-hydrogen) atoms. The number of hydrogen-bond acceptors (Lipinski definition) is 4. The van der Waals surface area contributed by atoms with Gasteiger partial charge in [-0.15, -0.1) is 11.3 Å². The molecular weight excluding hydrogens is 773 g/mol. The molecule has 0 bridgehead atoms. The summed E-state index contributed by atoms with van der Waals surface area (Å²) in [6.07, 6.45) is 0. The van der Waals surface area contributed by atoms with Crippen LogP contribution in [-0.2, 0) is 0 Å². The molecule has 0 atom stereocenters. The van der Waals surface area contributed by atoms with Gasteiger partial charge in [-0.3, -0.25) is 0 Å². The van der Waals surface area contributed by atoms with Crippen molar-refractivity contribution in [3.63, 3.8) is 0 Å². The van der Waals surface area contributed by atoms with Gasteiger partial charge < -0.3 is 4.57 Å². The molecule has 290 valence electrons. The smallest absolute Gasteiger partial charge is 0.164 e. The minimum Gasteiger partial charge on any atom is -0.309 e. The van der Waals surface area contributed by atoms with Gasteiger partial charge in [-0.05, 0) is 75.8 Å². The van der Waals surface area contributed by atoms with Gasteiger partial charge >= 0.3 is 0 Å². The predicted octanol–water partition coefficient (Wildman–Crippen LogP) is 15.3. The quantitative estimate of drug-likeness (QED) is 0.161. The number of rotatable bonds is 7. The maximum absolute atomic E-state index is 5.19. The molecule has 0 fully saturated rings. The minimum atomic E-state index is 0.620. The third-order valence-electron chi connectivity index (χ3n) is 11.9. The third kappa shape index (κ3) is 6.26. The van der Waals surface area contributed by atoms with E-state index < -0.39 is 0 Å². The molecule has 12 aromatic rings. The van der Waals surface area contributed by atoms with Crippen LogP contribution < -0.4 is 0 Å². The molecule has 0 N–H and O–H groups in total. The zero-order valence-corrected chi connectivity index (χ0v) is 34.3. The van der Waals surface area contributed by atoms with Crippen LogP contribution in [0.3, 0.4) is 0 Å². The average molecular weight is 809 g/mol. The molecule has 3 aromatic heterocycles. The lowest BCUT2D eigenvalue weighted by molar-refractivity contribution is 1.07. The standard InChI is InChI=1S/C57H36N4S/c1-4-14-37(15-5-1)42-31-33-52-49(35-42)54-46(23-13-25-53(54)62-52)39-26-28-41(29-27-39)56-58-55(40-18-8-3-9-19-40)59-57(60-56)44-20-12-21-45(34-44)61-50-24-11-10-22-47(50)48-32-30-43(36-51(48)61)38-16-6-2-7-17-38/h1-36H. The van der Waals surface area contributed by atoms with Gasteiger partial charge in [0.25, 0.3) is 0 Å². The fourth-order valence-electron chi connectivity index (χ4n) is 8.87. The van der Waals surface area contributed by atoms with Crippen LogP contribution in [0, 0.1) is 0 Å². The molecule has 0 unspecified atom stereocenters. The van der Waals surface area contributed by atoms with Gasteiger partial charge in [-0.1, -0.05) is 176 Å². The normalized spacial score (nSPS) is 11.5. The topological polar surface area (TPSA) is 43.6 Å². The van der Waals surface area contributed by atoms with E-state index in [-0.39, 0.29) is 0 Å². The molecule has 0 aliphatic carbocycles. The second-order valence-electron chi connectivity index (χ2n) is 15.6. The lowest BCUT2D eigenvalue weighted by Crippen LogP contribution is -2.01. The SMILES string of the molecule is c1ccc(-c2ccc3sc4cccc(-c5ccc(-c6nc(-c7ccccc7)nc(-c7cccc(-n8c9ccccc9c9ccc(-c%10ccccc%10)cc98)c7)n6)cc5)c4c3c2)cc1. The van der Waals surface area contributed by atoms with E-state index in [1.807, 2.05) is 29.5 Å². The Labute approximate surface area is 362 Å². The molecule has 0 aliphatic rings. The molecule has 0 spiro atoms. The molecule has 0 radical (unpaired) electrons. The summed E-state index contributed by atoms with van der Waals surface area (Å²) in [4.78, 5) is 15.4. The van der Waals surface area contributed by atoms with Crippen LogP contribution in [0.1, 0.15) is 0 Å². The van der Waals surface area contributed by atoms with Crippen molar-refractivity contribution in [2.45, 2.75) is 0 Å². The number of thiophene rings is 1. The molecule has 3 heterocycles. The molecule has 5 heteroatoms. The number of aromatic nitrogens is 4. The maximum Gasteiger partial charge on any atom is 0.164 e. The zero-order chi connectivity index (χ0) is 41.0. The number of nitrogens with zero attached hydrogens (tertiary/aromatic N) is 4. The highest BCUT2D eigenvalue weighted by Gasteiger charge is 2.18. The van der Waals surface area contributed by atoms with Crippen molar-refractivity contribution in [2.75, 3.05) is 0 Å². The van der Waals surface area contributed by atoms with E-state index in [0.717, 1.165) is 39.0 Å². The zero-order valence-electron chi connectivity index (χ0n) is 33.5. The van der Waals surface area contributed by atoms with Crippen LogP contribution in [0.5, 0.6) is 0 Å². The van der Waals surface area contributed by atoms with Gasteiger partial charge in [-0.25, -0.2) is 15.0 Å². The Morgan fingerprint density at radius 3 is 1.56 bits per heavy atom. The van der Waals surface area contributed by atoms with E-state index in [2.05, 4.69) is 205 Å². The maximum atomic E-state index is 5.19. The van der Waals surface area contributed by atoms with Crippen molar-refractivity contribution < 1.29 is 0 Å². The number of hydrogen-bond donors (Lipinski definition) is 0. The summed E-state index contributed by atoms with van der Waals surface area (Å²) in [5.41, 5.74) is 13.3. The highest BCUT2D eigenvalue weighted by atomic mass is 32.1. The van der Waals surface area contributed by atoms with Crippen molar-refractivity contribution in [3.8, 4) is 73.2 Å². The molecule has 0 saturated heterocycles. The Hall–Kier alpha value is -7.99. The van der Waals surface area contributed by atoms with Gasteiger partial charge in [-0.2, -0.15) is 0 Å². The van der Waals surface area contributed by atoms with Crippen molar-refractivity contribution in [1.82, 2.24) is 19.5 Å². The van der Waals surface area contributed by atoms with E-state index >= 15 is 0 Å². The van der Waals surface area contributed by atoms with Gasteiger partial charge in [0.2, 0.25) is 0 Å². The fourth-order valence-corrected chi connectivity index (χ4v) is 9.98. The van der Waals surface area contributed by atoms with Crippen molar-refractivity contribution in [1.29, 1.82) is 0 Å². The van der Waals surface area contributed by atoms with Crippen molar-refractivity contribution >= 4 is 53.3 Å². The van der Waals surface area contributed by atoms with Crippen LogP contribution in [0.4, 0.5) is 0 Å². The Morgan fingerprint density at radius 1 is 0.306 bits per heavy atom. The first-order chi connectivity index (χ1) is 30.7. The number of fused-ring (bicyclic) bond motifs is 6. The Kier molecular flexibility index (Phi) is 8.65. The Balaban J connectivity index is 0.966. The third-order valence-corrected chi connectivity index (χ3v) is 13.0. The summed E-state index contributed by atoms with van der Waals surface area (Å²) in [6.45, 7) is 0. The first-order valence-electron chi connectivity index (χ1n) is 20.8. The molecule has 0 aliphatic heterocycles. The van der Waals surface area contributed by atoms with Crippen molar-refractivity contribution in [2.24, 2.45) is 0 Å². The number of benzene rings is 9. The average Bonchev–Trinajstić information content (AvgIpc) is 3.90. The summed E-state index contributed by atoms with van der Waals surface area (Å²) in [5.74, 6) is 1.88. The lowest BCUT2D eigenvalue weighted by atomic mass is 9.97. The van der Waals surface area contributed by atoms with E-state index in [1.54, 1.807) is 0 Å². The largest absolute Gasteiger partial charge is 0.309 e. The Bertz CT molecular complexity index is 3610. The monoisotopic (exact) mass is 808 g/mol. The first-order valence-corrected chi connectivity index (χ1v) is 21.7. The molecule has 4 nitrogen and oxygen atoms in total. The van der Waals surface area contributed by atoms with Gasteiger partial charge in [0.15, 0.2) is 17.5 Å². The minimum absolute atomic E-state index is 0.620. The summed E-state index contributed by atoms with van der Waals surface area (Å²) in [5, 5.41) is 4.99. The summed E-state index contributed by atoms with van der Waals surface area (Å²) in [6, 6.07) is 77.5. The molecular formula is C57H36N4S. The summed E-state index contributed by atoms with van der Waals surface area (Å²) in [7, 11) is 0. The molecule has 0 saturated carbocycles. The van der Waals surface area contributed by atoms with E-state index in [0.29, 0.717) is 17.5 Å². The van der Waals surface area contributed by atoms with Crippen LogP contribution >= 0.6 is 11.3 Å². The van der Waals surface area contributed by atoms with Crippen LogP contribution in [-0.4, -0.2) is 19.5 Å². The summed E-state index contributed by atoms with van der Waals surface area (Å²) < 4.78 is 4.93.